The van der Waals surface area contributed by atoms with Crippen LogP contribution in [-0.2, 0) is 16.6 Å². The van der Waals surface area contributed by atoms with Gasteiger partial charge >= 0.3 is 0 Å². The molecule has 1 unspecified atom stereocenters. The molecule has 3 aromatic rings. The van der Waals surface area contributed by atoms with Crippen LogP contribution >= 0.6 is 0 Å². The average Bonchev–Trinajstić information content (AvgIpc) is 3.40. The lowest BCUT2D eigenvalue weighted by atomic mass is 10.0. The number of allylic oxidation sites excluding steroid dienone is 3. The number of aromatic nitrogens is 3. The largest absolute Gasteiger partial charge is 0.355 e. The summed E-state index contributed by atoms with van der Waals surface area (Å²) in [5.41, 5.74) is 0.286. The monoisotopic (exact) mass is 535 g/mol. The molecule has 0 aliphatic heterocycles. The van der Waals surface area contributed by atoms with Crippen LogP contribution in [0.15, 0.2) is 65.9 Å². The third-order valence-electron chi connectivity index (χ3n) is 7.30. The summed E-state index contributed by atoms with van der Waals surface area (Å²) < 4.78 is 28.6. The third-order valence-corrected chi connectivity index (χ3v) is 9.61. The van der Waals surface area contributed by atoms with Crippen LogP contribution in [0, 0.1) is 5.92 Å². The predicted molar refractivity (Wildman–Crippen MR) is 144 cm³/mol. The van der Waals surface area contributed by atoms with E-state index in [0.717, 1.165) is 6.42 Å². The normalized spacial score (nSPS) is 22.4. The molecule has 0 aromatic carbocycles. The Morgan fingerprint density at radius 2 is 1.97 bits per heavy atom. The summed E-state index contributed by atoms with van der Waals surface area (Å²) in [5, 5.41) is 5.91. The second kappa shape index (κ2) is 9.39. The van der Waals surface area contributed by atoms with E-state index in [4.69, 9.17) is 0 Å². The number of pyridine rings is 2. The van der Waals surface area contributed by atoms with Crippen LogP contribution in [0.3, 0.4) is 0 Å². The molecule has 1 fully saturated rings. The minimum Gasteiger partial charge on any atom is -0.355 e. The first-order valence-electron chi connectivity index (χ1n) is 12.4. The molecular formula is C27H29N5O5S. The van der Waals surface area contributed by atoms with Crippen LogP contribution in [0.25, 0.3) is 10.9 Å². The quantitative estimate of drug-likeness (QED) is 0.477. The van der Waals surface area contributed by atoms with Crippen molar-refractivity contribution in [1.29, 1.82) is 0 Å². The van der Waals surface area contributed by atoms with Crippen molar-refractivity contribution >= 4 is 32.7 Å². The van der Waals surface area contributed by atoms with Crippen LogP contribution in [0.5, 0.6) is 0 Å². The predicted octanol–water partition coefficient (Wildman–Crippen LogP) is 2.20. The standard InChI is InChI=1S/C27H29N5O5S/c1-17-13-21(17)30-24(33)18-14-20(25(34)28-3)26(35)31(15-18)16-22-19-8-12-32(23(19)7-11-29-22)38(36,37)27(2)9-5-4-6-10-27/h4-9,11-12,14-15,17,21H,10,13,16H2,1-3H3,(H,28,34)(H,30,33)/t17-,21-,27?/m0/s1. The first-order valence-corrected chi connectivity index (χ1v) is 13.8. The van der Waals surface area contributed by atoms with Crippen LogP contribution in [0.4, 0.5) is 0 Å². The molecule has 0 spiro atoms. The highest BCUT2D eigenvalue weighted by atomic mass is 32.2. The molecule has 38 heavy (non-hydrogen) atoms. The maximum atomic E-state index is 13.6. The van der Waals surface area contributed by atoms with Crippen molar-refractivity contribution in [3.8, 4) is 0 Å². The highest BCUT2D eigenvalue weighted by Gasteiger charge is 2.39. The van der Waals surface area contributed by atoms with Crippen molar-refractivity contribution in [1.82, 2.24) is 24.2 Å². The van der Waals surface area contributed by atoms with Gasteiger partial charge in [-0.3, -0.25) is 19.4 Å². The van der Waals surface area contributed by atoms with E-state index in [2.05, 4.69) is 15.6 Å². The Morgan fingerprint density at radius 1 is 1.21 bits per heavy atom. The molecule has 1 saturated carbocycles. The Bertz CT molecular complexity index is 1680. The Hall–Kier alpha value is -3.99. The molecule has 5 rings (SSSR count). The second-order valence-electron chi connectivity index (χ2n) is 10.1. The molecule has 3 heterocycles. The lowest BCUT2D eigenvalue weighted by Crippen LogP contribution is -2.37. The lowest BCUT2D eigenvalue weighted by Gasteiger charge is -2.27. The van der Waals surface area contributed by atoms with Crippen molar-refractivity contribution in [3.63, 3.8) is 0 Å². The summed E-state index contributed by atoms with van der Waals surface area (Å²) in [4.78, 5) is 43.0. The number of amides is 2. The Balaban J connectivity index is 1.55. The van der Waals surface area contributed by atoms with Gasteiger partial charge in [-0.15, -0.1) is 0 Å². The molecule has 3 aromatic heterocycles. The van der Waals surface area contributed by atoms with Gasteiger partial charge < -0.3 is 15.2 Å². The molecule has 2 aliphatic carbocycles. The summed E-state index contributed by atoms with van der Waals surface area (Å²) >= 11 is 0. The zero-order valence-corrected chi connectivity index (χ0v) is 22.2. The zero-order chi connectivity index (χ0) is 27.2. The second-order valence-corrected chi connectivity index (χ2v) is 12.3. The van der Waals surface area contributed by atoms with E-state index in [1.165, 1.54) is 40.2 Å². The van der Waals surface area contributed by atoms with Crippen LogP contribution in [-0.4, -0.2) is 51.6 Å². The van der Waals surface area contributed by atoms with E-state index < -0.39 is 26.2 Å². The van der Waals surface area contributed by atoms with E-state index >= 15 is 0 Å². The topological polar surface area (TPSA) is 132 Å². The average molecular weight is 536 g/mol. The Kier molecular flexibility index (Phi) is 6.34. The van der Waals surface area contributed by atoms with Gasteiger partial charge in [0.2, 0.25) is 10.0 Å². The number of carbonyl (C=O) groups excluding carboxylic acids is 2. The van der Waals surface area contributed by atoms with Crippen molar-refractivity contribution in [2.45, 2.75) is 44.0 Å². The first-order chi connectivity index (χ1) is 18.1. The van der Waals surface area contributed by atoms with Crippen LogP contribution < -0.4 is 16.2 Å². The van der Waals surface area contributed by atoms with E-state index in [0.29, 0.717) is 28.9 Å². The molecular weight excluding hydrogens is 506 g/mol. The number of hydrogen-bond donors (Lipinski definition) is 2. The minimum atomic E-state index is -3.82. The van der Waals surface area contributed by atoms with E-state index in [9.17, 15) is 22.8 Å². The highest BCUT2D eigenvalue weighted by molar-refractivity contribution is 7.91. The molecule has 2 N–H and O–H groups in total. The third kappa shape index (κ3) is 4.36. The Labute approximate surface area is 220 Å². The molecule has 0 radical (unpaired) electrons. The molecule has 198 valence electrons. The molecule has 2 amide bonds. The van der Waals surface area contributed by atoms with Gasteiger partial charge in [-0.1, -0.05) is 31.2 Å². The molecule has 2 aliphatic rings. The summed E-state index contributed by atoms with van der Waals surface area (Å²) in [5.74, 6) is -0.596. The van der Waals surface area contributed by atoms with E-state index in [1.807, 2.05) is 19.1 Å². The Morgan fingerprint density at radius 3 is 2.63 bits per heavy atom. The van der Waals surface area contributed by atoms with Gasteiger partial charge in [-0.05, 0) is 43.9 Å². The van der Waals surface area contributed by atoms with Gasteiger partial charge in [0.1, 0.15) is 10.3 Å². The number of hydrogen-bond acceptors (Lipinski definition) is 6. The minimum absolute atomic E-state index is 0.0644. The van der Waals surface area contributed by atoms with Gasteiger partial charge in [0, 0.05) is 37.1 Å². The van der Waals surface area contributed by atoms with Crippen LogP contribution in [0.1, 0.15) is 53.1 Å². The van der Waals surface area contributed by atoms with Crippen molar-refractivity contribution in [3.05, 3.63) is 88.3 Å². The lowest BCUT2D eigenvalue weighted by molar-refractivity contribution is 0.0948. The molecule has 10 nitrogen and oxygen atoms in total. The smallest absolute Gasteiger partial charge is 0.263 e. The molecule has 11 heteroatoms. The fourth-order valence-electron chi connectivity index (χ4n) is 4.67. The SMILES string of the molecule is CNC(=O)c1cc(C(=O)N[C@H]2C[C@@H]2C)cn(Cc2nccc3c2ccn3S(=O)(=O)C2(C)C=CC=CC2)c1=O. The van der Waals surface area contributed by atoms with Crippen LogP contribution in [0.2, 0.25) is 0 Å². The van der Waals surface area contributed by atoms with Gasteiger partial charge in [0.05, 0.1) is 23.3 Å². The van der Waals surface area contributed by atoms with Gasteiger partial charge in [0.15, 0.2) is 0 Å². The first kappa shape index (κ1) is 25.7. The van der Waals surface area contributed by atoms with Crippen molar-refractivity contribution in [2.75, 3.05) is 7.05 Å². The van der Waals surface area contributed by atoms with Crippen molar-refractivity contribution in [2.24, 2.45) is 5.92 Å². The summed E-state index contributed by atoms with van der Waals surface area (Å²) in [7, 11) is -2.40. The fraction of sp³-hybridized carbons (Fsp3) is 0.333. The van der Waals surface area contributed by atoms with Gasteiger partial charge in [0.25, 0.3) is 17.4 Å². The number of fused-ring (bicyclic) bond motifs is 1. The maximum Gasteiger partial charge on any atom is 0.263 e. The summed E-state index contributed by atoms with van der Waals surface area (Å²) in [6.45, 7) is 3.64. The van der Waals surface area contributed by atoms with Gasteiger partial charge in [-0.2, -0.15) is 0 Å². The highest BCUT2D eigenvalue weighted by Crippen LogP contribution is 2.32. The summed E-state index contributed by atoms with van der Waals surface area (Å²) in [6.07, 6.45) is 12.6. The molecule has 0 bridgehead atoms. The number of carbonyl (C=O) groups is 2. The number of nitrogens with zero attached hydrogens (tertiary/aromatic N) is 3. The summed E-state index contributed by atoms with van der Waals surface area (Å²) in [6, 6.07) is 4.63. The van der Waals surface area contributed by atoms with E-state index in [-0.39, 0.29) is 29.6 Å². The number of nitrogens with one attached hydrogen (secondary N) is 2. The zero-order valence-electron chi connectivity index (χ0n) is 21.3. The number of rotatable bonds is 7. The fourth-order valence-corrected chi connectivity index (χ4v) is 6.32. The van der Waals surface area contributed by atoms with Gasteiger partial charge in [-0.25, -0.2) is 12.4 Å². The van der Waals surface area contributed by atoms with Crippen molar-refractivity contribution < 1.29 is 18.0 Å². The molecule has 0 saturated heterocycles. The maximum absolute atomic E-state index is 13.6. The molecule has 3 atom stereocenters. The van der Waals surface area contributed by atoms with E-state index in [1.54, 1.807) is 31.2 Å².